The molecule has 0 saturated carbocycles. The maximum Gasteiger partial charge on any atom is 0.267 e. The van der Waals surface area contributed by atoms with E-state index in [4.69, 9.17) is 17.2 Å². The number of thiocarbonyl (C=S) groups is 1. The van der Waals surface area contributed by atoms with Gasteiger partial charge in [0.1, 0.15) is 15.8 Å². The van der Waals surface area contributed by atoms with E-state index < -0.39 is 0 Å². The number of benzene rings is 1. The van der Waals surface area contributed by atoms with E-state index in [-0.39, 0.29) is 11.5 Å². The number of fused-ring (bicyclic) bond motifs is 1. The number of rotatable bonds is 6. The highest BCUT2D eigenvalue weighted by Gasteiger charge is 2.32. The molecular formula is C27H29N5O2S2. The predicted molar refractivity (Wildman–Crippen MR) is 150 cm³/mol. The van der Waals surface area contributed by atoms with Gasteiger partial charge in [0.2, 0.25) is 0 Å². The van der Waals surface area contributed by atoms with Crippen LogP contribution in [0.1, 0.15) is 30.0 Å². The number of carbonyl (C=O) groups is 1. The van der Waals surface area contributed by atoms with Gasteiger partial charge in [0, 0.05) is 45.5 Å². The second kappa shape index (κ2) is 10.5. The van der Waals surface area contributed by atoms with Gasteiger partial charge in [-0.2, -0.15) is 0 Å². The molecular weight excluding hydrogens is 490 g/mol. The van der Waals surface area contributed by atoms with Crippen molar-refractivity contribution >= 4 is 51.7 Å². The molecule has 4 heterocycles. The normalized spacial score (nSPS) is 18.1. The van der Waals surface area contributed by atoms with Crippen LogP contribution in [0.25, 0.3) is 11.7 Å². The van der Waals surface area contributed by atoms with Crippen LogP contribution < -0.4 is 10.5 Å². The maximum atomic E-state index is 13.7. The summed E-state index contributed by atoms with van der Waals surface area (Å²) in [5.41, 5.74) is 3.12. The number of anilines is 1. The average molecular weight is 520 g/mol. The van der Waals surface area contributed by atoms with Crippen LogP contribution in [0, 0.1) is 6.92 Å². The second-order valence-corrected chi connectivity index (χ2v) is 10.8. The van der Waals surface area contributed by atoms with Gasteiger partial charge in [-0.15, -0.1) is 0 Å². The monoisotopic (exact) mass is 519 g/mol. The minimum Gasteiger partial charge on any atom is -0.353 e. The summed E-state index contributed by atoms with van der Waals surface area (Å²) in [5, 5.41) is 0. The van der Waals surface area contributed by atoms with Crippen LogP contribution in [-0.4, -0.2) is 62.1 Å². The Balaban J connectivity index is 1.50. The molecule has 5 rings (SSSR count). The third-order valence-corrected chi connectivity index (χ3v) is 7.96. The van der Waals surface area contributed by atoms with E-state index in [1.54, 1.807) is 21.6 Å². The molecule has 2 saturated heterocycles. The summed E-state index contributed by atoms with van der Waals surface area (Å²) in [6.45, 7) is 8.67. The molecule has 0 aliphatic carbocycles. The van der Waals surface area contributed by atoms with Gasteiger partial charge in [0.25, 0.3) is 11.5 Å². The number of carbonyl (C=O) groups excluding carboxylic acids is 1. The van der Waals surface area contributed by atoms with Gasteiger partial charge in [0.15, 0.2) is 0 Å². The second-order valence-electron chi connectivity index (χ2n) is 9.12. The van der Waals surface area contributed by atoms with Crippen molar-refractivity contribution in [1.29, 1.82) is 0 Å². The zero-order valence-electron chi connectivity index (χ0n) is 20.5. The third kappa shape index (κ3) is 4.83. The molecule has 2 aliphatic heterocycles. The van der Waals surface area contributed by atoms with Gasteiger partial charge < -0.3 is 4.90 Å². The van der Waals surface area contributed by atoms with Crippen molar-refractivity contribution in [2.45, 2.75) is 26.8 Å². The summed E-state index contributed by atoms with van der Waals surface area (Å²) in [6.07, 6.45) is 4.25. The van der Waals surface area contributed by atoms with Gasteiger partial charge in [0.05, 0.1) is 10.5 Å². The molecule has 1 amide bonds. The van der Waals surface area contributed by atoms with E-state index >= 15 is 0 Å². The number of aryl methyl sites for hydroxylation is 1. The molecule has 3 aromatic rings. The minimum atomic E-state index is -0.175. The van der Waals surface area contributed by atoms with E-state index in [1.807, 2.05) is 32.0 Å². The highest BCUT2D eigenvalue weighted by Crippen LogP contribution is 2.33. The highest BCUT2D eigenvalue weighted by atomic mass is 32.2. The Hall–Kier alpha value is -3.01. The minimum absolute atomic E-state index is 0.140. The SMILES string of the molecule is CCCN1C(=O)/C(=C\c2c(N3CCN(Cc4ccccc4)CC3)nc3c(C)cccn3c2=O)SC1=S. The van der Waals surface area contributed by atoms with Crippen LogP contribution in [0.15, 0.2) is 58.4 Å². The van der Waals surface area contributed by atoms with E-state index in [9.17, 15) is 9.59 Å². The van der Waals surface area contributed by atoms with Gasteiger partial charge in [-0.3, -0.25) is 23.8 Å². The Kier molecular flexibility index (Phi) is 7.22. The van der Waals surface area contributed by atoms with E-state index in [0.29, 0.717) is 32.8 Å². The standard InChI is InChI=1S/C27H29N5O2S2/c1-3-11-32-26(34)22(36-27(32)35)17-21-24(28-23-19(2)8-7-12-31(23)25(21)33)30-15-13-29(14-16-30)18-20-9-5-4-6-10-20/h4-10,12,17H,3,11,13-16,18H2,1-2H3/b22-17+. The van der Waals surface area contributed by atoms with Crippen LogP contribution in [0.2, 0.25) is 0 Å². The molecule has 0 bridgehead atoms. The first-order valence-electron chi connectivity index (χ1n) is 12.2. The summed E-state index contributed by atoms with van der Waals surface area (Å²) in [4.78, 5) is 38.4. The molecule has 7 nitrogen and oxygen atoms in total. The van der Waals surface area contributed by atoms with Crippen molar-refractivity contribution in [2.75, 3.05) is 37.6 Å². The molecule has 0 atom stereocenters. The lowest BCUT2D eigenvalue weighted by Gasteiger charge is -2.36. The third-order valence-electron chi connectivity index (χ3n) is 6.58. The van der Waals surface area contributed by atoms with Gasteiger partial charge in [-0.05, 0) is 36.6 Å². The molecule has 9 heteroatoms. The quantitative estimate of drug-likeness (QED) is 0.361. The number of nitrogens with zero attached hydrogens (tertiary/aromatic N) is 5. The maximum absolute atomic E-state index is 13.7. The Morgan fingerprint density at radius 2 is 1.81 bits per heavy atom. The van der Waals surface area contributed by atoms with Crippen LogP contribution in [0.5, 0.6) is 0 Å². The molecule has 186 valence electrons. The number of aromatic nitrogens is 2. The zero-order valence-corrected chi connectivity index (χ0v) is 22.1. The number of hydrogen-bond acceptors (Lipinski definition) is 7. The smallest absolute Gasteiger partial charge is 0.267 e. The number of pyridine rings is 1. The summed E-state index contributed by atoms with van der Waals surface area (Å²) in [5.74, 6) is 0.494. The summed E-state index contributed by atoms with van der Waals surface area (Å²) < 4.78 is 2.11. The summed E-state index contributed by atoms with van der Waals surface area (Å²) in [7, 11) is 0. The first-order valence-corrected chi connectivity index (χ1v) is 13.5. The highest BCUT2D eigenvalue weighted by molar-refractivity contribution is 8.26. The van der Waals surface area contributed by atoms with Crippen molar-refractivity contribution < 1.29 is 4.79 Å². The van der Waals surface area contributed by atoms with Crippen molar-refractivity contribution in [3.05, 3.63) is 80.6 Å². The fraction of sp³-hybridized carbons (Fsp3) is 0.333. The topological polar surface area (TPSA) is 61.2 Å². The summed E-state index contributed by atoms with van der Waals surface area (Å²) >= 11 is 6.70. The van der Waals surface area contributed by atoms with Crippen LogP contribution >= 0.6 is 24.0 Å². The lowest BCUT2D eigenvalue weighted by Crippen LogP contribution is -2.47. The molecule has 0 spiro atoms. The predicted octanol–water partition coefficient (Wildman–Crippen LogP) is 3.94. The number of piperazine rings is 1. The Morgan fingerprint density at radius 1 is 1.06 bits per heavy atom. The van der Waals surface area contributed by atoms with Crippen LogP contribution in [0.4, 0.5) is 5.82 Å². The van der Waals surface area contributed by atoms with Gasteiger partial charge >= 0.3 is 0 Å². The van der Waals surface area contributed by atoms with Crippen molar-refractivity contribution in [1.82, 2.24) is 19.2 Å². The molecule has 0 radical (unpaired) electrons. The first-order chi connectivity index (χ1) is 17.5. The van der Waals surface area contributed by atoms with Crippen molar-refractivity contribution in [3.8, 4) is 0 Å². The van der Waals surface area contributed by atoms with Gasteiger partial charge in [-0.25, -0.2) is 4.98 Å². The summed E-state index contributed by atoms with van der Waals surface area (Å²) in [6, 6.07) is 14.3. The fourth-order valence-corrected chi connectivity index (χ4v) is 5.97. The molecule has 2 aromatic heterocycles. The lowest BCUT2D eigenvalue weighted by molar-refractivity contribution is -0.122. The lowest BCUT2D eigenvalue weighted by atomic mass is 10.1. The molecule has 36 heavy (non-hydrogen) atoms. The Bertz CT molecular complexity index is 1390. The number of hydrogen-bond donors (Lipinski definition) is 0. The van der Waals surface area contributed by atoms with E-state index in [0.717, 1.165) is 44.7 Å². The van der Waals surface area contributed by atoms with E-state index in [2.05, 4.69) is 34.1 Å². The van der Waals surface area contributed by atoms with Gasteiger partial charge in [-0.1, -0.05) is 67.3 Å². The van der Waals surface area contributed by atoms with Crippen molar-refractivity contribution in [3.63, 3.8) is 0 Å². The Morgan fingerprint density at radius 3 is 2.53 bits per heavy atom. The van der Waals surface area contributed by atoms with Crippen LogP contribution in [-0.2, 0) is 11.3 Å². The average Bonchev–Trinajstić information content (AvgIpc) is 3.15. The number of amides is 1. The molecule has 0 unspecified atom stereocenters. The zero-order chi connectivity index (χ0) is 25.2. The first kappa shape index (κ1) is 24.7. The Labute approximate surface area is 220 Å². The van der Waals surface area contributed by atoms with Crippen LogP contribution in [0.3, 0.4) is 0 Å². The molecule has 0 N–H and O–H groups in total. The fourth-order valence-electron chi connectivity index (χ4n) is 4.67. The van der Waals surface area contributed by atoms with Crippen molar-refractivity contribution in [2.24, 2.45) is 0 Å². The molecule has 2 aliphatic rings. The molecule has 2 fully saturated rings. The number of thioether (sulfide) groups is 1. The van der Waals surface area contributed by atoms with E-state index in [1.165, 1.54) is 17.3 Å². The molecule has 1 aromatic carbocycles. The largest absolute Gasteiger partial charge is 0.353 e.